The van der Waals surface area contributed by atoms with E-state index in [1.807, 2.05) is 19.1 Å². The Labute approximate surface area is 156 Å². The van der Waals surface area contributed by atoms with Crippen LogP contribution in [-0.4, -0.2) is 35.9 Å². The molecule has 1 aromatic heterocycles. The van der Waals surface area contributed by atoms with E-state index < -0.39 is 0 Å². The first-order valence-corrected chi connectivity index (χ1v) is 9.19. The summed E-state index contributed by atoms with van der Waals surface area (Å²) in [5.74, 6) is 1.71. The number of benzene rings is 1. The molecule has 2 rings (SSSR count). The zero-order valence-corrected chi connectivity index (χ0v) is 16.6. The van der Waals surface area contributed by atoms with Crippen LogP contribution in [0.3, 0.4) is 0 Å². The molecule has 0 amide bonds. The van der Waals surface area contributed by atoms with Gasteiger partial charge < -0.3 is 15.4 Å². The molecule has 0 atom stereocenters. The van der Waals surface area contributed by atoms with Gasteiger partial charge in [-0.15, -0.1) is 0 Å². The number of methoxy groups -OCH3 is 1. The van der Waals surface area contributed by atoms with Crippen LogP contribution in [0.5, 0.6) is 5.75 Å². The summed E-state index contributed by atoms with van der Waals surface area (Å²) in [6.07, 6.45) is 0.991. The summed E-state index contributed by atoms with van der Waals surface area (Å²) in [5, 5.41) is 11.2. The molecule has 0 unspecified atom stereocenters. The Morgan fingerprint density at radius 2 is 1.96 bits per heavy atom. The predicted molar refractivity (Wildman–Crippen MR) is 107 cm³/mol. The van der Waals surface area contributed by atoms with E-state index >= 15 is 0 Å². The molecule has 0 saturated heterocycles. The Balaban J connectivity index is 1.88. The summed E-state index contributed by atoms with van der Waals surface area (Å²) in [7, 11) is 1.69. The Hall–Kier alpha value is -2.50. The number of hydrogen-bond acceptors (Lipinski definition) is 3. The van der Waals surface area contributed by atoms with Crippen molar-refractivity contribution < 1.29 is 4.74 Å². The van der Waals surface area contributed by atoms with Crippen molar-refractivity contribution in [2.45, 2.75) is 47.2 Å². The van der Waals surface area contributed by atoms with E-state index in [9.17, 15) is 0 Å². The predicted octanol–water partition coefficient (Wildman–Crippen LogP) is 2.96. The Morgan fingerprint density at radius 1 is 1.15 bits per heavy atom. The van der Waals surface area contributed by atoms with Crippen LogP contribution in [0.1, 0.15) is 35.9 Å². The monoisotopic (exact) mass is 357 g/mol. The molecule has 0 aliphatic heterocycles. The fraction of sp³-hybridized carbons (Fsp3) is 0.500. The Kier molecular flexibility index (Phi) is 7.51. The number of aryl methyl sites for hydroxylation is 4. The van der Waals surface area contributed by atoms with Crippen LogP contribution in [0.4, 0.5) is 0 Å². The Bertz CT molecular complexity index is 736. The van der Waals surface area contributed by atoms with Crippen LogP contribution in [0.15, 0.2) is 29.3 Å². The minimum Gasteiger partial charge on any atom is -0.497 e. The summed E-state index contributed by atoms with van der Waals surface area (Å²) in [6, 6.07) is 8.30. The molecule has 1 heterocycles. The second kappa shape index (κ2) is 9.85. The van der Waals surface area contributed by atoms with Gasteiger partial charge in [0.25, 0.3) is 0 Å². The molecule has 0 saturated carbocycles. The van der Waals surface area contributed by atoms with Gasteiger partial charge in [-0.25, -0.2) is 4.99 Å². The van der Waals surface area contributed by atoms with Gasteiger partial charge in [0, 0.05) is 25.3 Å². The smallest absolute Gasteiger partial charge is 0.191 e. The maximum atomic E-state index is 5.33. The number of aliphatic imine (C=N–C) groups is 1. The molecule has 0 radical (unpaired) electrons. The van der Waals surface area contributed by atoms with Crippen molar-refractivity contribution in [2.75, 3.05) is 20.2 Å². The van der Waals surface area contributed by atoms with Gasteiger partial charge in [-0.3, -0.25) is 4.68 Å². The van der Waals surface area contributed by atoms with Gasteiger partial charge in [0.15, 0.2) is 5.96 Å². The first-order valence-electron chi connectivity index (χ1n) is 9.19. The van der Waals surface area contributed by atoms with E-state index in [4.69, 9.17) is 4.74 Å². The highest BCUT2D eigenvalue weighted by molar-refractivity contribution is 5.79. The minimum atomic E-state index is 0.616. The SMILES string of the molecule is CCNC(=NCc1cc(C)cc(OC)c1)NCCCn1nc(C)cc1C. The van der Waals surface area contributed by atoms with E-state index in [1.165, 1.54) is 11.3 Å². The molecule has 0 aliphatic carbocycles. The number of guanidine groups is 1. The number of nitrogens with zero attached hydrogens (tertiary/aromatic N) is 3. The maximum Gasteiger partial charge on any atom is 0.191 e. The van der Waals surface area contributed by atoms with Gasteiger partial charge in [0.2, 0.25) is 0 Å². The lowest BCUT2D eigenvalue weighted by atomic mass is 10.1. The summed E-state index contributed by atoms with van der Waals surface area (Å²) < 4.78 is 7.39. The van der Waals surface area contributed by atoms with Crippen LogP contribution in [0.2, 0.25) is 0 Å². The highest BCUT2D eigenvalue weighted by atomic mass is 16.5. The van der Waals surface area contributed by atoms with Gasteiger partial charge >= 0.3 is 0 Å². The van der Waals surface area contributed by atoms with Crippen LogP contribution < -0.4 is 15.4 Å². The topological polar surface area (TPSA) is 63.5 Å². The van der Waals surface area contributed by atoms with Gasteiger partial charge in [-0.2, -0.15) is 5.10 Å². The second-order valence-corrected chi connectivity index (χ2v) is 6.48. The van der Waals surface area contributed by atoms with Gasteiger partial charge in [-0.05, 0) is 63.4 Å². The van der Waals surface area contributed by atoms with Crippen molar-refractivity contribution in [1.29, 1.82) is 0 Å². The largest absolute Gasteiger partial charge is 0.497 e. The summed E-state index contributed by atoms with van der Waals surface area (Å²) >= 11 is 0. The quantitative estimate of drug-likeness (QED) is 0.433. The second-order valence-electron chi connectivity index (χ2n) is 6.48. The van der Waals surface area contributed by atoms with E-state index in [1.54, 1.807) is 7.11 Å². The van der Waals surface area contributed by atoms with Crippen molar-refractivity contribution in [1.82, 2.24) is 20.4 Å². The molecule has 142 valence electrons. The van der Waals surface area contributed by atoms with Crippen molar-refractivity contribution >= 4 is 5.96 Å². The molecule has 0 spiro atoms. The zero-order chi connectivity index (χ0) is 18.9. The van der Waals surface area contributed by atoms with E-state index in [0.717, 1.165) is 49.0 Å². The normalized spacial score (nSPS) is 11.5. The fourth-order valence-electron chi connectivity index (χ4n) is 2.88. The van der Waals surface area contributed by atoms with Crippen molar-refractivity contribution in [3.8, 4) is 5.75 Å². The lowest BCUT2D eigenvalue weighted by Gasteiger charge is -2.12. The molecule has 2 aromatic rings. The maximum absolute atomic E-state index is 5.33. The van der Waals surface area contributed by atoms with E-state index in [-0.39, 0.29) is 0 Å². The molecule has 6 heteroatoms. The van der Waals surface area contributed by atoms with Crippen LogP contribution in [-0.2, 0) is 13.1 Å². The molecule has 0 bridgehead atoms. The third kappa shape index (κ3) is 6.10. The average Bonchev–Trinajstić information content (AvgIpc) is 2.93. The highest BCUT2D eigenvalue weighted by Crippen LogP contribution is 2.16. The third-order valence-corrected chi connectivity index (χ3v) is 4.05. The molecule has 0 fully saturated rings. The number of nitrogens with one attached hydrogen (secondary N) is 2. The van der Waals surface area contributed by atoms with Gasteiger partial charge in [-0.1, -0.05) is 6.07 Å². The Morgan fingerprint density at radius 3 is 2.62 bits per heavy atom. The van der Waals surface area contributed by atoms with Gasteiger partial charge in [0.05, 0.1) is 19.3 Å². The molecule has 1 aromatic carbocycles. The highest BCUT2D eigenvalue weighted by Gasteiger charge is 2.02. The molecule has 2 N–H and O–H groups in total. The molecular formula is C20H31N5O. The lowest BCUT2D eigenvalue weighted by molar-refractivity contribution is 0.414. The van der Waals surface area contributed by atoms with Gasteiger partial charge in [0.1, 0.15) is 5.75 Å². The first kappa shape index (κ1) is 19.8. The summed E-state index contributed by atoms with van der Waals surface area (Å²) in [4.78, 5) is 4.68. The van der Waals surface area contributed by atoms with Crippen molar-refractivity contribution in [2.24, 2.45) is 4.99 Å². The van der Waals surface area contributed by atoms with Crippen LogP contribution in [0.25, 0.3) is 0 Å². The van der Waals surface area contributed by atoms with Crippen LogP contribution in [0, 0.1) is 20.8 Å². The standard InChI is InChI=1S/C20H31N5O/c1-6-21-20(22-8-7-9-25-17(4)12-16(3)24-25)23-14-18-10-15(2)11-19(13-18)26-5/h10-13H,6-9,14H2,1-5H3,(H2,21,22,23). The molecular weight excluding hydrogens is 326 g/mol. The first-order chi connectivity index (χ1) is 12.5. The molecule has 6 nitrogen and oxygen atoms in total. The fourth-order valence-corrected chi connectivity index (χ4v) is 2.88. The third-order valence-electron chi connectivity index (χ3n) is 4.05. The summed E-state index contributed by atoms with van der Waals surface area (Å²) in [5.41, 5.74) is 4.59. The minimum absolute atomic E-state index is 0.616. The molecule has 0 aliphatic rings. The van der Waals surface area contributed by atoms with Crippen LogP contribution >= 0.6 is 0 Å². The number of rotatable bonds is 8. The zero-order valence-electron chi connectivity index (χ0n) is 16.6. The molecule has 26 heavy (non-hydrogen) atoms. The lowest BCUT2D eigenvalue weighted by Crippen LogP contribution is -2.38. The van der Waals surface area contributed by atoms with Crippen molar-refractivity contribution in [3.63, 3.8) is 0 Å². The van der Waals surface area contributed by atoms with E-state index in [2.05, 4.69) is 58.3 Å². The van der Waals surface area contributed by atoms with E-state index in [0.29, 0.717) is 6.54 Å². The number of aromatic nitrogens is 2. The average molecular weight is 358 g/mol. The van der Waals surface area contributed by atoms with Crippen molar-refractivity contribution in [3.05, 3.63) is 46.8 Å². The number of ether oxygens (including phenoxy) is 1. The number of hydrogen-bond donors (Lipinski definition) is 2. The summed E-state index contributed by atoms with van der Waals surface area (Å²) in [6.45, 7) is 11.5.